The smallest absolute Gasteiger partial charge is 0.243 e. The molecule has 23 heavy (non-hydrogen) atoms. The molecule has 2 rings (SSSR count). The highest BCUT2D eigenvalue weighted by atomic mass is 35.5. The second-order valence-corrected chi connectivity index (χ2v) is 4.80. The van der Waals surface area contributed by atoms with Gasteiger partial charge in [-0.25, -0.2) is 0 Å². The first-order chi connectivity index (χ1) is 10.6. The highest BCUT2D eigenvalue weighted by Crippen LogP contribution is 2.11. The van der Waals surface area contributed by atoms with Crippen LogP contribution in [0.4, 0.5) is 5.69 Å². The molecule has 0 radical (unpaired) electrons. The number of halogens is 1. The van der Waals surface area contributed by atoms with Gasteiger partial charge in [-0.1, -0.05) is 18.2 Å². The van der Waals surface area contributed by atoms with Gasteiger partial charge in [0.05, 0.1) is 12.7 Å². The van der Waals surface area contributed by atoms with Crippen molar-refractivity contribution in [1.29, 1.82) is 0 Å². The Morgan fingerprint density at radius 3 is 2.52 bits per heavy atom. The van der Waals surface area contributed by atoms with E-state index in [0.29, 0.717) is 5.69 Å². The second-order valence-electron chi connectivity index (χ2n) is 4.80. The summed E-state index contributed by atoms with van der Waals surface area (Å²) in [6.07, 6.45) is 3.37. The van der Waals surface area contributed by atoms with E-state index in [9.17, 15) is 9.59 Å². The average molecular weight is 338 g/mol. The third-order valence-corrected chi connectivity index (χ3v) is 3.09. The van der Waals surface area contributed by atoms with Crippen LogP contribution in [-0.4, -0.2) is 35.2 Å². The molecule has 0 saturated heterocycles. The average Bonchev–Trinajstić information content (AvgIpc) is 2.93. The molecule has 1 unspecified atom stereocenters. The van der Waals surface area contributed by atoms with E-state index in [1.165, 1.54) is 0 Å². The van der Waals surface area contributed by atoms with Crippen LogP contribution in [0.3, 0.4) is 0 Å². The first-order valence-electron chi connectivity index (χ1n) is 6.88. The Morgan fingerprint density at radius 1 is 1.26 bits per heavy atom. The number of nitrogens with zero attached hydrogens (tertiary/aromatic N) is 2. The van der Waals surface area contributed by atoms with E-state index in [1.807, 2.05) is 18.2 Å². The van der Waals surface area contributed by atoms with Crippen molar-refractivity contribution in [1.82, 2.24) is 20.4 Å². The SMILES string of the molecule is CNC(C(=O)NCC(=O)Nc1ccccc1)c1cnn(C)c1.Cl. The fraction of sp³-hybridized carbons (Fsp3) is 0.267. The van der Waals surface area contributed by atoms with Crippen LogP contribution in [0, 0.1) is 0 Å². The molecule has 0 aliphatic heterocycles. The molecule has 1 atom stereocenters. The third kappa shape index (κ3) is 5.39. The molecule has 7 nitrogen and oxygen atoms in total. The number of hydrogen-bond donors (Lipinski definition) is 3. The topological polar surface area (TPSA) is 88.1 Å². The van der Waals surface area contributed by atoms with Crippen LogP contribution in [0.1, 0.15) is 11.6 Å². The standard InChI is InChI=1S/C15H19N5O2.ClH/c1-16-14(11-8-18-20(2)10-11)15(22)17-9-13(21)19-12-6-4-3-5-7-12;/h3-8,10,14,16H,9H2,1-2H3,(H,17,22)(H,19,21);1H. The zero-order chi connectivity index (χ0) is 15.9. The zero-order valence-electron chi connectivity index (χ0n) is 12.9. The minimum atomic E-state index is -0.543. The Kier molecular flexibility index (Phi) is 7.24. The van der Waals surface area contributed by atoms with Gasteiger partial charge >= 0.3 is 0 Å². The lowest BCUT2D eigenvalue weighted by Gasteiger charge is -2.14. The van der Waals surface area contributed by atoms with E-state index in [0.717, 1.165) is 5.56 Å². The van der Waals surface area contributed by atoms with Crippen molar-refractivity contribution in [2.45, 2.75) is 6.04 Å². The molecule has 1 aromatic heterocycles. The summed E-state index contributed by atoms with van der Waals surface area (Å²) in [5.41, 5.74) is 1.44. The monoisotopic (exact) mass is 337 g/mol. The fourth-order valence-corrected chi connectivity index (χ4v) is 2.03. The quantitative estimate of drug-likeness (QED) is 0.729. The van der Waals surface area contributed by atoms with Gasteiger partial charge in [-0.05, 0) is 19.2 Å². The number of rotatable bonds is 6. The highest BCUT2D eigenvalue weighted by Gasteiger charge is 2.20. The van der Waals surface area contributed by atoms with Crippen LogP contribution < -0.4 is 16.0 Å². The van der Waals surface area contributed by atoms with E-state index in [1.54, 1.807) is 43.3 Å². The molecule has 2 amide bonds. The zero-order valence-corrected chi connectivity index (χ0v) is 13.8. The second kappa shape index (κ2) is 8.92. The van der Waals surface area contributed by atoms with Crippen LogP contribution >= 0.6 is 12.4 Å². The minimum Gasteiger partial charge on any atom is -0.345 e. The number of benzene rings is 1. The lowest BCUT2D eigenvalue weighted by atomic mass is 10.1. The lowest BCUT2D eigenvalue weighted by Crippen LogP contribution is -2.39. The molecular formula is C15H20ClN5O2. The largest absolute Gasteiger partial charge is 0.345 e. The maximum absolute atomic E-state index is 12.2. The number of carbonyl (C=O) groups is 2. The minimum absolute atomic E-state index is 0. The molecule has 1 aromatic carbocycles. The van der Waals surface area contributed by atoms with Gasteiger partial charge in [-0.15, -0.1) is 12.4 Å². The van der Waals surface area contributed by atoms with Crippen LogP contribution in [0.15, 0.2) is 42.7 Å². The normalized spacial score (nSPS) is 11.2. The van der Waals surface area contributed by atoms with E-state index in [-0.39, 0.29) is 30.8 Å². The van der Waals surface area contributed by atoms with Crippen molar-refractivity contribution in [3.8, 4) is 0 Å². The molecule has 3 N–H and O–H groups in total. The third-order valence-electron chi connectivity index (χ3n) is 3.09. The van der Waals surface area contributed by atoms with Crippen molar-refractivity contribution in [3.05, 3.63) is 48.3 Å². The Bertz CT molecular complexity index is 644. The van der Waals surface area contributed by atoms with Crippen LogP contribution in [0.2, 0.25) is 0 Å². The van der Waals surface area contributed by atoms with Crippen molar-refractivity contribution >= 4 is 29.9 Å². The maximum atomic E-state index is 12.2. The molecule has 1 heterocycles. The van der Waals surface area contributed by atoms with Crippen LogP contribution in [0.25, 0.3) is 0 Å². The number of aromatic nitrogens is 2. The molecule has 8 heteroatoms. The summed E-state index contributed by atoms with van der Waals surface area (Å²) in [6, 6.07) is 8.54. The molecular weight excluding hydrogens is 318 g/mol. The lowest BCUT2D eigenvalue weighted by molar-refractivity contribution is -0.125. The Morgan fingerprint density at radius 2 is 1.96 bits per heavy atom. The van der Waals surface area contributed by atoms with E-state index in [4.69, 9.17) is 0 Å². The molecule has 124 valence electrons. The van der Waals surface area contributed by atoms with Gasteiger partial charge in [0.2, 0.25) is 11.8 Å². The summed E-state index contributed by atoms with van der Waals surface area (Å²) in [5, 5.41) is 12.3. The highest BCUT2D eigenvalue weighted by molar-refractivity contribution is 5.95. The Balaban J connectivity index is 0.00000264. The number of aryl methyl sites for hydroxylation is 1. The summed E-state index contributed by atoms with van der Waals surface area (Å²) in [7, 11) is 3.46. The van der Waals surface area contributed by atoms with Crippen molar-refractivity contribution in [2.24, 2.45) is 7.05 Å². The van der Waals surface area contributed by atoms with E-state index in [2.05, 4.69) is 21.0 Å². The first-order valence-corrected chi connectivity index (χ1v) is 6.88. The Labute approximate surface area is 140 Å². The van der Waals surface area contributed by atoms with Crippen molar-refractivity contribution < 1.29 is 9.59 Å². The number of amides is 2. The summed E-state index contributed by atoms with van der Waals surface area (Å²) >= 11 is 0. The summed E-state index contributed by atoms with van der Waals surface area (Å²) < 4.78 is 1.62. The van der Waals surface area contributed by atoms with Gasteiger partial charge in [-0.3, -0.25) is 14.3 Å². The number of hydrogen-bond acceptors (Lipinski definition) is 4. The summed E-state index contributed by atoms with van der Waals surface area (Å²) in [4.78, 5) is 24.0. The molecule has 0 saturated carbocycles. The number of likely N-dealkylation sites (N-methyl/N-ethyl adjacent to an activating group) is 1. The molecule has 0 fully saturated rings. The van der Waals surface area contributed by atoms with E-state index >= 15 is 0 Å². The molecule has 0 aliphatic rings. The van der Waals surface area contributed by atoms with Gasteiger partial charge in [0, 0.05) is 24.5 Å². The first kappa shape index (κ1) is 18.7. The number of anilines is 1. The van der Waals surface area contributed by atoms with Crippen molar-refractivity contribution in [2.75, 3.05) is 18.9 Å². The van der Waals surface area contributed by atoms with Gasteiger partial charge in [0.25, 0.3) is 0 Å². The Hall–Kier alpha value is -2.38. The van der Waals surface area contributed by atoms with Gasteiger partial charge in [0.15, 0.2) is 0 Å². The predicted octanol–water partition coefficient (Wildman–Crippen LogP) is 0.857. The van der Waals surface area contributed by atoms with Gasteiger partial charge in [-0.2, -0.15) is 5.10 Å². The molecule has 2 aromatic rings. The number of nitrogens with one attached hydrogen (secondary N) is 3. The fourth-order valence-electron chi connectivity index (χ4n) is 2.03. The summed E-state index contributed by atoms with van der Waals surface area (Å²) in [6.45, 7) is -0.0911. The summed E-state index contributed by atoms with van der Waals surface area (Å²) in [5.74, 6) is -0.556. The number of para-hydroxylation sites is 1. The van der Waals surface area contributed by atoms with Gasteiger partial charge < -0.3 is 16.0 Å². The van der Waals surface area contributed by atoms with Gasteiger partial charge in [0.1, 0.15) is 6.04 Å². The van der Waals surface area contributed by atoms with Crippen LogP contribution in [0.5, 0.6) is 0 Å². The van der Waals surface area contributed by atoms with E-state index < -0.39 is 6.04 Å². The van der Waals surface area contributed by atoms with Crippen LogP contribution in [-0.2, 0) is 16.6 Å². The molecule has 0 bridgehead atoms. The molecule has 0 spiro atoms. The number of carbonyl (C=O) groups excluding carboxylic acids is 2. The van der Waals surface area contributed by atoms with Crippen molar-refractivity contribution in [3.63, 3.8) is 0 Å². The molecule has 0 aliphatic carbocycles. The maximum Gasteiger partial charge on any atom is 0.243 e. The predicted molar refractivity (Wildman–Crippen MR) is 90.3 cm³/mol.